The number of carbonyl (C=O) groups is 1. The number of amides is 1. The van der Waals surface area contributed by atoms with Gasteiger partial charge in [0.05, 0.1) is 17.4 Å². The number of sulfonamides is 1. The molecular formula is C23H25N3O3S. The normalized spacial score (nSPS) is 11.2. The zero-order valence-electron chi connectivity index (χ0n) is 17.3. The van der Waals surface area contributed by atoms with Crippen LogP contribution in [0.2, 0.25) is 0 Å². The average molecular weight is 424 g/mol. The van der Waals surface area contributed by atoms with E-state index < -0.39 is 10.0 Å². The van der Waals surface area contributed by atoms with Crippen molar-refractivity contribution < 1.29 is 13.2 Å². The number of likely N-dealkylation sites (N-methyl/N-ethyl adjacent to an activating group) is 1. The van der Waals surface area contributed by atoms with Gasteiger partial charge < -0.3 is 4.90 Å². The van der Waals surface area contributed by atoms with E-state index in [-0.39, 0.29) is 16.4 Å². The van der Waals surface area contributed by atoms with E-state index in [9.17, 15) is 13.2 Å². The monoisotopic (exact) mass is 423 g/mol. The maximum absolute atomic E-state index is 13.0. The Morgan fingerprint density at radius 2 is 1.73 bits per heavy atom. The highest BCUT2D eigenvalue weighted by atomic mass is 32.2. The fourth-order valence-electron chi connectivity index (χ4n) is 3.18. The lowest BCUT2D eigenvalue weighted by Gasteiger charge is -2.20. The van der Waals surface area contributed by atoms with Gasteiger partial charge in [-0.2, -0.15) is 0 Å². The first kappa shape index (κ1) is 21.5. The number of anilines is 1. The number of aryl methyl sites for hydroxylation is 2. The molecule has 2 aromatic carbocycles. The Kier molecular flexibility index (Phi) is 6.52. The molecule has 0 aliphatic heterocycles. The fourth-order valence-corrected chi connectivity index (χ4v) is 4.42. The molecule has 7 heteroatoms. The van der Waals surface area contributed by atoms with Crippen LogP contribution in [0.5, 0.6) is 0 Å². The zero-order chi connectivity index (χ0) is 21.7. The van der Waals surface area contributed by atoms with Crippen molar-refractivity contribution in [2.45, 2.75) is 25.2 Å². The third kappa shape index (κ3) is 5.04. The molecule has 156 valence electrons. The van der Waals surface area contributed by atoms with Gasteiger partial charge >= 0.3 is 0 Å². The quantitative estimate of drug-likeness (QED) is 0.627. The summed E-state index contributed by atoms with van der Waals surface area (Å²) in [4.78, 5) is 18.5. The largest absolute Gasteiger partial charge is 0.341 e. The summed E-state index contributed by atoms with van der Waals surface area (Å²) >= 11 is 0. The SMILES string of the molecule is Cc1cncc(NS(=O)(=O)c2ccccc2C(=O)N(C)CCc2ccccc2C)c1. The van der Waals surface area contributed by atoms with Crippen LogP contribution in [-0.4, -0.2) is 37.8 Å². The third-order valence-electron chi connectivity index (χ3n) is 4.86. The van der Waals surface area contributed by atoms with Crippen LogP contribution in [-0.2, 0) is 16.4 Å². The van der Waals surface area contributed by atoms with E-state index in [2.05, 4.69) is 9.71 Å². The predicted octanol–water partition coefficient (Wildman–Crippen LogP) is 3.81. The van der Waals surface area contributed by atoms with Crippen LogP contribution >= 0.6 is 0 Å². The Balaban J connectivity index is 1.81. The van der Waals surface area contributed by atoms with Crippen molar-refractivity contribution in [3.63, 3.8) is 0 Å². The molecule has 6 nitrogen and oxygen atoms in total. The van der Waals surface area contributed by atoms with Crippen LogP contribution in [0.1, 0.15) is 27.0 Å². The highest BCUT2D eigenvalue weighted by Crippen LogP contribution is 2.21. The molecule has 0 bridgehead atoms. The van der Waals surface area contributed by atoms with Crippen LogP contribution in [0.4, 0.5) is 5.69 Å². The molecule has 0 spiro atoms. The molecule has 0 aliphatic rings. The molecule has 0 aliphatic carbocycles. The van der Waals surface area contributed by atoms with Crippen molar-refractivity contribution in [1.82, 2.24) is 9.88 Å². The van der Waals surface area contributed by atoms with Gasteiger partial charge in [-0.3, -0.25) is 14.5 Å². The van der Waals surface area contributed by atoms with E-state index >= 15 is 0 Å². The van der Waals surface area contributed by atoms with Crippen molar-refractivity contribution in [2.24, 2.45) is 0 Å². The Morgan fingerprint density at radius 1 is 1.03 bits per heavy atom. The summed E-state index contributed by atoms with van der Waals surface area (Å²) in [6.07, 6.45) is 3.76. The van der Waals surface area contributed by atoms with Crippen molar-refractivity contribution in [3.05, 3.63) is 89.2 Å². The highest BCUT2D eigenvalue weighted by molar-refractivity contribution is 7.92. The molecule has 0 saturated heterocycles. The highest BCUT2D eigenvalue weighted by Gasteiger charge is 2.24. The number of carbonyl (C=O) groups excluding carboxylic acids is 1. The van der Waals surface area contributed by atoms with Gasteiger partial charge in [-0.05, 0) is 55.2 Å². The van der Waals surface area contributed by atoms with Crippen LogP contribution in [0.3, 0.4) is 0 Å². The van der Waals surface area contributed by atoms with Gasteiger partial charge in [0.1, 0.15) is 4.90 Å². The lowest BCUT2D eigenvalue weighted by Crippen LogP contribution is -2.30. The van der Waals surface area contributed by atoms with Gasteiger partial charge in [0.25, 0.3) is 15.9 Å². The first-order chi connectivity index (χ1) is 14.3. The molecule has 0 atom stereocenters. The Hall–Kier alpha value is -3.19. The van der Waals surface area contributed by atoms with Gasteiger partial charge in [0.15, 0.2) is 0 Å². The molecule has 0 fully saturated rings. The number of pyridine rings is 1. The number of nitrogens with zero attached hydrogens (tertiary/aromatic N) is 2. The van der Waals surface area contributed by atoms with Crippen LogP contribution in [0.15, 0.2) is 71.9 Å². The summed E-state index contributed by atoms with van der Waals surface area (Å²) in [5.74, 6) is -0.341. The summed E-state index contributed by atoms with van der Waals surface area (Å²) in [6, 6.07) is 15.9. The number of aromatic nitrogens is 1. The Bertz CT molecular complexity index is 1160. The molecule has 30 heavy (non-hydrogen) atoms. The van der Waals surface area contributed by atoms with E-state index in [4.69, 9.17) is 0 Å². The summed E-state index contributed by atoms with van der Waals surface area (Å²) < 4.78 is 28.5. The molecule has 1 amide bonds. The van der Waals surface area contributed by atoms with Crippen molar-refractivity contribution >= 4 is 21.6 Å². The maximum atomic E-state index is 13.0. The molecule has 3 aromatic rings. The van der Waals surface area contributed by atoms with Crippen molar-refractivity contribution in [1.29, 1.82) is 0 Å². The number of rotatable bonds is 7. The summed E-state index contributed by atoms with van der Waals surface area (Å²) in [5.41, 5.74) is 3.64. The van der Waals surface area contributed by atoms with E-state index in [1.807, 2.05) is 38.1 Å². The van der Waals surface area contributed by atoms with E-state index in [0.717, 1.165) is 16.7 Å². The molecule has 0 unspecified atom stereocenters. The van der Waals surface area contributed by atoms with E-state index in [1.54, 1.807) is 36.3 Å². The van der Waals surface area contributed by atoms with Crippen LogP contribution in [0, 0.1) is 13.8 Å². The maximum Gasteiger partial charge on any atom is 0.262 e. The Labute approximate surface area is 177 Å². The fraction of sp³-hybridized carbons (Fsp3) is 0.217. The molecule has 0 radical (unpaired) electrons. The third-order valence-corrected chi connectivity index (χ3v) is 6.30. The smallest absolute Gasteiger partial charge is 0.262 e. The van der Waals surface area contributed by atoms with Gasteiger partial charge in [-0.15, -0.1) is 0 Å². The van der Waals surface area contributed by atoms with Gasteiger partial charge in [0, 0.05) is 19.8 Å². The predicted molar refractivity (Wildman–Crippen MR) is 118 cm³/mol. The lowest BCUT2D eigenvalue weighted by atomic mass is 10.1. The molecule has 3 rings (SSSR count). The van der Waals surface area contributed by atoms with Crippen LogP contribution < -0.4 is 4.72 Å². The lowest BCUT2D eigenvalue weighted by molar-refractivity contribution is 0.0793. The summed E-state index contributed by atoms with van der Waals surface area (Å²) in [7, 11) is -2.27. The van der Waals surface area contributed by atoms with Gasteiger partial charge in [-0.25, -0.2) is 8.42 Å². The standard InChI is InChI=1S/C23H25N3O3S/c1-17-14-20(16-24-15-17)25-30(28,29)22-11-7-6-10-21(22)23(27)26(3)13-12-19-9-5-4-8-18(19)2/h4-11,14-16,25H,12-13H2,1-3H3. The molecule has 1 N–H and O–H groups in total. The summed E-state index contributed by atoms with van der Waals surface area (Å²) in [5, 5.41) is 0. The number of benzene rings is 2. The second-order valence-corrected chi connectivity index (χ2v) is 8.91. The minimum atomic E-state index is -3.95. The molecular weight excluding hydrogens is 398 g/mol. The van der Waals surface area contributed by atoms with Gasteiger partial charge in [0.2, 0.25) is 0 Å². The Morgan fingerprint density at radius 3 is 2.47 bits per heavy atom. The van der Waals surface area contributed by atoms with E-state index in [1.165, 1.54) is 18.3 Å². The first-order valence-electron chi connectivity index (χ1n) is 9.61. The molecule has 1 aromatic heterocycles. The number of hydrogen-bond donors (Lipinski definition) is 1. The minimum absolute atomic E-state index is 0.0563. The minimum Gasteiger partial charge on any atom is -0.341 e. The first-order valence-corrected chi connectivity index (χ1v) is 11.1. The number of nitrogens with one attached hydrogen (secondary N) is 1. The number of hydrogen-bond acceptors (Lipinski definition) is 4. The average Bonchev–Trinajstić information content (AvgIpc) is 2.72. The zero-order valence-corrected chi connectivity index (χ0v) is 18.1. The molecule has 1 heterocycles. The molecule has 0 saturated carbocycles. The van der Waals surface area contributed by atoms with E-state index in [0.29, 0.717) is 18.7 Å². The van der Waals surface area contributed by atoms with Crippen molar-refractivity contribution in [2.75, 3.05) is 18.3 Å². The second-order valence-electron chi connectivity index (χ2n) is 7.26. The second kappa shape index (κ2) is 9.09. The van der Waals surface area contributed by atoms with Crippen molar-refractivity contribution in [3.8, 4) is 0 Å². The topological polar surface area (TPSA) is 79.4 Å². The van der Waals surface area contributed by atoms with Gasteiger partial charge in [-0.1, -0.05) is 36.4 Å². The van der Waals surface area contributed by atoms with Crippen LogP contribution in [0.25, 0.3) is 0 Å². The summed E-state index contributed by atoms with van der Waals surface area (Å²) in [6.45, 7) is 4.34.